The lowest BCUT2D eigenvalue weighted by Crippen LogP contribution is -2.17. The molecule has 2 rings (SSSR count). The summed E-state index contributed by atoms with van der Waals surface area (Å²) in [4.78, 5) is 11.1. The summed E-state index contributed by atoms with van der Waals surface area (Å²) in [5, 5.41) is 3.96. The van der Waals surface area contributed by atoms with Crippen LogP contribution in [0.3, 0.4) is 0 Å². The lowest BCUT2D eigenvalue weighted by atomic mass is 10.4. The number of nitrogens with two attached hydrogens (primary N) is 1. The van der Waals surface area contributed by atoms with Crippen LogP contribution >= 0.6 is 0 Å². The summed E-state index contributed by atoms with van der Waals surface area (Å²) in [6, 6.07) is 0.780. The van der Waals surface area contributed by atoms with Crippen LogP contribution in [0.1, 0.15) is 17.3 Å². The van der Waals surface area contributed by atoms with Gasteiger partial charge in [-0.25, -0.2) is 15.8 Å². The summed E-state index contributed by atoms with van der Waals surface area (Å²) in [5.74, 6) is 5.49. The van der Waals surface area contributed by atoms with Gasteiger partial charge >= 0.3 is 6.18 Å². The minimum Gasteiger partial charge on any atom is -0.292 e. The second kappa shape index (κ2) is 4.46. The van der Waals surface area contributed by atoms with Crippen LogP contribution in [0, 0.1) is 13.8 Å². The number of alkyl halides is 3. The maximum absolute atomic E-state index is 12.7. The summed E-state index contributed by atoms with van der Waals surface area (Å²) in [6.07, 6.45) is -4.60. The van der Waals surface area contributed by atoms with Gasteiger partial charge in [-0.1, -0.05) is 0 Å². The van der Waals surface area contributed by atoms with E-state index in [4.69, 9.17) is 5.84 Å². The molecule has 19 heavy (non-hydrogen) atoms. The molecule has 0 saturated heterocycles. The fourth-order valence-electron chi connectivity index (χ4n) is 1.49. The number of hydrogen-bond donors (Lipinski definition) is 2. The van der Waals surface area contributed by atoms with E-state index in [0.717, 1.165) is 6.07 Å². The van der Waals surface area contributed by atoms with Crippen LogP contribution < -0.4 is 11.3 Å². The summed E-state index contributed by atoms with van der Waals surface area (Å²) >= 11 is 0. The molecule has 0 aromatic carbocycles. The first-order chi connectivity index (χ1) is 8.81. The molecule has 0 radical (unpaired) electrons. The van der Waals surface area contributed by atoms with Crippen LogP contribution in [0.4, 0.5) is 19.1 Å². The second-order valence-electron chi connectivity index (χ2n) is 3.70. The van der Waals surface area contributed by atoms with Crippen molar-refractivity contribution in [2.75, 3.05) is 5.43 Å². The van der Waals surface area contributed by atoms with Gasteiger partial charge in [-0.3, -0.25) is 5.43 Å². The molecule has 3 N–H and O–H groups in total. The molecule has 0 amide bonds. The Morgan fingerprint density at radius 3 is 2.37 bits per heavy atom. The van der Waals surface area contributed by atoms with Crippen molar-refractivity contribution in [1.29, 1.82) is 0 Å². The molecule has 7 nitrogen and oxygen atoms in total. The molecule has 0 aliphatic carbocycles. The minimum absolute atomic E-state index is 0.0617. The fourth-order valence-corrected chi connectivity index (χ4v) is 1.49. The maximum Gasteiger partial charge on any atom is 0.433 e. The maximum atomic E-state index is 12.7. The average Bonchev–Trinajstić information content (AvgIpc) is 2.66. The van der Waals surface area contributed by atoms with Crippen LogP contribution in [0.15, 0.2) is 6.07 Å². The van der Waals surface area contributed by atoms with Crippen molar-refractivity contribution in [2.45, 2.75) is 20.0 Å². The number of hydrogen-bond acceptors (Lipinski definition) is 6. The first kappa shape index (κ1) is 13.2. The quantitative estimate of drug-likeness (QED) is 0.625. The van der Waals surface area contributed by atoms with Gasteiger partial charge in [0.2, 0.25) is 5.95 Å². The molecule has 102 valence electrons. The van der Waals surface area contributed by atoms with Crippen LogP contribution in [-0.4, -0.2) is 24.7 Å². The van der Waals surface area contributed by atoms with Crippen LogP contribution in [0.25, 0.3) is 5.82 Å². The van der Waals surface area contributed by atoms with Crippen LogP contribution in [0.2, 0.25) is 0 Å². The third kappa shape index (κ3) is 2.62. The molecule has 0 aliphatic rings. The number of halogens is 3. The predicted molar refractivity (Wildman–Crippen MR) is 59.2 cm³/mol. The Kier molecular flexibility index (Phi) is 3.10. The Hall–Kier alpha value is -2.23. The standard InChI is InChI=1S/C9H10F3N7/c1-4-14-5(2)19(18-4)7-3-6(9(10,11)12)15-8(16-7)17-13/h3H,13H2,1-2H3,(H,15,16,17). The molecular weight excluding hydrogens is 263 g/mol. The Bertz CT molecular complexity index is 604. The van der Waals surface area contributed by atoms with Crippen molar-refractivity contribution in [2.24, 2.45) is 5.84 Å². The first-order valence-corrected chi connectivity index (χ1v) is 5.15. The van der Waals surface area contributed by atoms with Crippen molar-refractivity contribution in [3.8, 4) is 5.82 Å². The van der Waals surface area contributed by atoms with Gasteiger partial charge in [-0.2, -0.15) is 22.8 Å². The van der Waals surface area contributed by atoms with E-state index in [9.17, 15) is 13.2 Å². The smallest absolute Gasteiger partial charge is 0.292 e. The van der Waals surface area contributed by atoms with E-state index in [-0.39, 0.29) is 11.8 Å². The van der Waals surface area contributed by atoms with Gasteiger partial charge in [0.25, 0.3) is 0 Å². The highest BCUT2D eigenvalue weighted by atomic mass is 19.4. The highest BCUT2D eigenvalue weighted by molar-refractivity contribution is 5.35. The molecule has 0 fully saturated rings. The summed E-state index contributed by atoms with van der Waals surface area (Å²) in [7, 11) is 0. The van der Waals surface area contributed by atoms with Gasteiger partial charge in [0, 0.05) is 6.07 Å². The highest BCUT2D eigenvalue weighted by Gasteiger charge is 2.34. The number of anilines is 1. The fraction of sp³-hybridized carbons (Fsp3) is 0.333. The lowest BCUT2D eigenvalue weighted by molar-refractivity contribution is -0.141. The Morgan fingerprint density at radius 1 is 1.21 bits per heavy atom. The number of nitrogens with one attached hydrogen (secondary N) is 1. The van der Waals surface area contributed by atoms with Crippen LogP contribution in [-0.2, 0) is 6.18 Å². The Labute approximate surface area is 105 Å². The first-order valence-electron chi connectivity index (χ1n) is 5.15. The van der Waals surface area contributed by atoms with Crippen LogP contribution in [0.5, 0.6) is 0 Å². The van der Waals surface area contributed by atoms with E-state index in [1.807, 2.05) is 5.43 Å². The molecule has 0 saturated carbocycles. The zero-order chi connectivity index (χ0) is 14.2. The van der Waals surface area contributed by atoms with Gasteiger partial charge in [0.05, 0.1) is 0 Å². The average molecular weight is 273 g/mol. The third-order valence-corrected chi connectivity index (χ3v) is 2.22. The number of aryl methyl sites for hydroxylation is 2. The van der Waals surface area contributed by atoms with E-state index >= 15 is 0 Å². The summed E-state index contributed by atoms with van der Waals surface area (Å²) < 4.78 is 39.3. The molecular formula is C9H10F3N7. The number of nitrogens with zero attached hydrogens (tertiary/aromatic N) is 5. The second-order valence-corrected chi connectivity index (χ2v) is 3.70. The topological polar surface area (TPSA) is 94.5 Å². The zero-order valence-electron chi connectivity index (χ0n) is 10.0. The predicted octanol–water partition coefficient (Wildman–Crippen LogP) is 0.979. The van der Waals surface area contributed by atoms with Gasteiger partial charge < -0.3 is 0 Å². The van der Waals surface area contributed by atoms with E-state index in [1.54, 1.807) is 13.8 Å². The molecule has 2 heterocycles. The molecule has 0 bridgehead atoms. The Morgan fingerprint density at radius 2 is 1.89 bits per heavy atom. The SMILES string of the molecule is Cc1nc(C)n(-c2cc(C(F)(F)F)nc(NN)n2)n1. The van der Waals surface area contributed by atoms with Gasteiger partial charge in [-0.15, -0.1) is 5.10 Å². The number of nitrogen functional groups attached to an aromatic ring is 1. The summed E-state index contributed by atoms with van der Waals surface area (Å²) in [6.45, 7) is 3.22. The van der Waals surface area contributed by atoms with Crippen molar-refractivity contribution in [3.63, 3.8) is 0 Å². The van der Waals surface area contributed by atoms with Crippen molar-refractivity contribution >= 4 is 5.95 Å². The largest absolute Gasteiger partial charge is 0.433 e. The van der Waals surface area contributed by atoms with E-state index < -0.39 is 11.9 Å². The molecule has 0 aliphatic heterocycles. The highest BCUT2D eigenvalue weighted by Crippen LogP contribution is 2.29. The monoisotopic (exact) mass is 273 g/mol. The van der Waals surface area contributed by atoms with Crippen molar-refractivity contribution in [1.82, 2.24) is 24.7 Å². The van der Waals surface area contributed by atoms with Gasteiger partial charge in [0.15, 0.2) is 11.5 Å². The molecule has 10 heteroatoms. The lowest BCUT2D eigenvalue weighted by Gasteiger charge is -2.10. The van der Waals surface area contributed by atoms with Gasteiger partial charge in [0.1, 0.15) is 11.6 Å². The van der Waals surface area contributed by atoms with Gasteiger partial charge in [-0.05, 0) is 13.8 Å². The molecule has 0 atom stereocenters. The van der Waals surface area contributed by atoms with E-state index in [1.165, 1.54) is 4.68 Å². The zero-order valence-corrected chi connectivity index (χ0v) is 10.0. The van der Waals surface area contributed by atoms with Crippen molar-refractivity contribution < 1.29 is 13.2 Å². The van der Waals surface area contributed by atoms with E-state index in [2.05, 4.69) is 20.1 Å². The molecule has 0 spiro atoms. The molecule has 2 aromatic rings. The summed E-state index contributed by atoms with van der Waals surface area (Å²) in [5.41, 5.74) is 0.879. The normalized spacial score (nSPS) is 11.7. The molecule has 2 aromatic heterocycles. The van der Waals surface area contributed by atoms with E-state index in [0.29, 0.717) is 11.6 Å². The minimum atomic E-state index is -4.60. The number of aromatic nitrogens is 5. The Balaban J connectivity index is 2.60. The molecule has 0 unspecified atom stereocenters. The van der Waals surface area contributed by atoms with Crippen molar-refractivity contribution in [3.05, 3.63) is 23.4 Å². The third-order valence-electron chi connectivity index (χ3n) is 2.22. The number of hydrazine groups is 1. The number of rotatable bonds is 2.